The quantitative estimate of drug-likeness (QED) is 0.370. The van der Waals surface area contributed by atoms with Gasteiger partial charge in [0.2, 0.25) is 0 Å². The summed E-state index contributed by atoms with van der Waals surface area (Å²) >= 11 is 0. The zero-order chi connectivity index (χ0) is 15.1. The lowest BCUT2D eigenvalue weighted by atomic mass is 10.0. The number of aliphatic hydroxyl groups excluding tert-OH is 5. The van der Waals surface area contributed by atoms with Crippen LogP contribution < -0.4 is 0 Å². The highest BCUT2D eigenvalue weighted by Gasteiger charge is 2.30. The molecule has 1 rings (SSSR count). The summed E-state index contributed by atoms with van der Waals surface area (Å²) < 4.78 is 0. The van der Waals surface area contributed by atoms with E-state index in [0.29, 0.717) is 6.54 Å². The fourth-order valence-electron chi connectivity index (χ4n) is 2.04. The summed E-state index contributed by atoms with van der Waals surface area (Å²) in [7, 11) is 1.79. The minimum absolute atomic E-state index is 0.144. The molecule has 0 spiro atoms. The fourth-order valence-corrected chi connectivity index (χ4v) is 2.04. The highest BCUT2D eigenvalue weighted by molar-refractivity contribution is 5.27. The summed E-state index contributed by atoms with van der Waals surface area (Å²) in [6, 6.07) is 0. The van der Waals surface area contributed by atoms with Gasteiger partial charge in [0.15, 0.2) is 0 Å². The molecule has 0 saturated heterocycles. The normalized spacial score (nSPS) is 21.4. The smallest absolute Gasteiger partial charge is 0.111 e. The second-order valence-electron chi connectivity index (χ2n) is 5.10. The highest BCUT2D eigenvalue weighted by atomic mass is 16.4. The van der Waals surface area contributed by atoms with Gasteiger partial charge in [-0.2, -0.15) is 0 Å². The predicted molar refractivity (Wildman–Crippen MR) is 74.8 cm³/mol. The van der Waals surface area contributed by atoms with Crippen molar-refractivity contribution in [2.75, 3.05) is 26.7 Å². The predicted octanol–water partition coefficient (Wildman–Crippen LogP) is -1.56. The van der Waals surface area contributed by atoms with Crippen molar-refractivity contribution in [2.45, 2.75) is 30.8 Å². The molecular weight excluding hydrogens is 262 g/mol. The van der Waals surface area contributed by atoms with E-state index in [1.54, 1.807) is 7.05 Å². The lowest BCUT2D eigenvalue weighted by Gasteiger charge is -2.28. The van der Waals surface area contributed by atoms with Crippen molar-refractivity contribution in [3.8, 4) is 0 Å². The van der Waals surface area contributed by atoms with Gasteiger partial charge in [-0.15, -0.1) is 0 Å². The standard InChI is InChI=1S/C14H24NO5/c1-15(7-10-5-3-2-4-6-10)8-11(17)13(19)14(20)12(18)9-16/h2-3,5-6,11-14,16-20H,4,7-9H2,1H3. The minimum atomic E-state index is -1.58. The first-order valence-corrected chi connectivity index (χ1v) is 6.66. The van der Waals surface area contributed by atoms with Gasteiger partial charge in [0.1, 0.15) is 18.3 Å². The van der Waals surface area contributed by atoms with Crippen LogP contribution in [0.15, 0.2) is 23.8 Å². The summed E-state index contributed by atoms with van der Waals surface area (Å²) in [4.78, 5) is 1.81. The third-order valence-electron chi connectivity index (χ3n) is 3.24. The van der Waals surface area contributed by atoms with Gasteiger partial charge in [0.25, 0.3) is 0 Å². The fraction of sp³-hybridized carbons (Fsp3) is 0.643. The molecule has 0 aliphatic heterocycles. The van der Waals surface area contributed by atoms with Crippen molar-refractivity contribution in [1.82, 2.24) is 4.90 Å². The molecule has 0 aromatic heterocycles. The van der Waals surface area contributed by atoms with E-state index in [1.807, 2.05) is 23.5 Å². The third-order valence-corrected chi connectivity index (χ3v) is 3.24. The van der Waals surface area contributed by atoms with Gasteiger partial charge in [-0.05, 0) is 25.5 Å². The average molecular weight is 286 g/mol. The van der Waals surface area contributed by atoms with Crippen LogP contribution in [-0.4, -0.2) is 81.6 Å². The zero-order valence-electron chi connectivity index (χ0n) is 11.6. The number of aliphatic hydroxyl groups is 5. The molecule has 115 valence electrons. The van der Waals surface area contributed by atoms with Crippen LogP contribution in [0, 0.1) is 6.42 Å². The molecule has 4 unspecified atom stereocenters. The molecule has 20 heavy (non-hydrogen) atoms. The Bertz CT molecular complexity index is 344. The summed E-state index contributed by atoms with van der Waals surface area (Å²) in [5, 5.41) is 47.0. The molecule has 6 heteroatoms. The Labute approximate surface area is 119 Å². The summed E-state index contributed by atoms with van der Waals surface area (Å²) in [5.74, 6) is 0. The van der Waals surface area contributed by atoms with Crippen LogP contribution in [0.3, 0.4) is 0 Å². The van der Waals surface area contributed by atoms with Crippen LogP contribution in [0.25, 0.3) is 0 Å². The number of hydrogen-bond acceptors (Lipinski definition) is 6. The Morgan fingerprint density at radius 1 is 1.15 bits per heavy atom. The van der Waals surface area contributed by atoms with Gasteiger partial charge >= 0.3 is 0 Å². The molecule has 1 aliphatic carbocycles. The van der Waals surface area contributed by atoms with Gasteiger partial charge in [0, 0.05) is 13.1 Å². The van der Waals surface area contributed by atoms with Crippen molar-refractivity contribution in [1.29, 1.82) is 0 Å². The van der Waals surface area contributed by atoms with Gasteiger partial charge in [-0.3, -0.25) is 4.90 Å². The van der Waals surface area contributed by atoms with Crippen LogP contribution in [0.4, 0.5) is 0 Å². The molecule has 1 radical (unpaired) electrons. The first-order valence-electron chi connectivity index (χ1n) is 6.66. The first-order chi connectivity index (χ1) is 9.45. The largest absolute Gasteiger partial charge is 0.394 e. The van der Waals surface area contributed by atoms with Gasteiger partial charge < -0.3 is 25.5 Å². The minimum Gasteiger partial charge on any atom is -0.394 e. The monoisotopic (exact) mass is 286 g/mol. The molecule has 5 N–H and O–H groups in total. The molecule has 0 heterocycles. The maximum atomic E-state index is 9.84. The molecule has 0 bridgehead atoms. The van der Waals surface area contributed by atoms with Gasteiger partial charge in [-0.1, -0.05) is 18.2 Å². The summed E-state index contributed by atoms with van der Waals surface area (Å²) in [6.07, 6.45) is 3.17. The molecule has 0 fully saturated rings. The Hall–Kier alpha value is -0.760. The van der Waals surface area contributed by atoms with Crippen molar-refractivity contribution in [3.05, 3.63) is 30.2 Å². The Morgan fingerprint density at radius 2 is 1.80 bits per heavy atom. The van der Waals surface area contributed by atoms with E-state index in [2.05, 4.69) is 6.08 Å². The number of nitrogens with zero attached hydrogens (tertiary/aromatic N) is 1. The molecule has 0 aromatic carbocycles. The van der Waals surface area contributed by atoms with Gasteiger partial charge in [-0.25, -0.2) is 0 Å². The lowest BCUT2D eigenvalue weighted by Crippen LogP contribution is -2.49. The molecule has 6 nitrogen and oxygen atoms in total. The van der Waals surface area contributed by atoms with E-state index in [1.165, 1.54) is 0 Å². The number of rotatable bonds is 8. The van der Waals surface area contributed by atoms with Crippen molar-refractivity contribution in [2.24, 2.45) is 0 Å². The van der Waals surface area contributed by atoms with E-state index in [4.69, 9.17) is 5.11 Å². The Balaban J connectivity index is 2.42. The second kappa shape index (κ2) is 8.51. The maximum Gasteiger partial charge on any atom is 0.111 e. The second-order valence-corrected chi connectivity index (χ2v) is 5.10. The van der Waals surface area contributed by atoms with E-state index in [9.17, 15) is 20.4 Å². The molecule has 4 atom stereocenters. The van der Waals surface area contributed by atoms with Crippen molar-refractivity contribution >= 4 is 0 Å². The number of hydrogen-bond donors (Lipinski definition) is 5. The zero-order valence-corrected chi connectivity index (χ0v) is 11.6. The summed E-state index contributed by atoms with van der Waals surface area (Å²) in [5.41, 5.74) is 1.12. The molecule has 1 aliphatic rings. The highest BCUT2D eigenvalue weighted by Crippen LogP contribution is 2.11. The lowest BCUT2D eigenvalue weighted by molar-refractivity contribution is -0.118. The Morgan fingerprint density at radius 3 is 2.35 bits per heavy atom. The third kappa shape index (κ3) is 5.32. The van der Waals surface area contributed by atoms with Crippen LogP contribution in [0.2, 0.25) is 0 Å². The topological polar surface area (TPSA) is 104 Å². The van der Waals surface area contributed by atoms with E-state index in [0.717, 1.165) is 12.0 Å². The van der Waals surface area contributed by atoms with Crippen LogP contribution in [-0.2, 0) is 0 Å². The van der Waals surface area contributed by atoms with Crippen LogP contribution in [0.5, 0.6) is 0 Å². The molecule has 0 saturated carbocycles. The first kappa shape index (κ1) is 17.3. The van der Waals surface area contributed by atoms with Crippen LogP contribution in [0.1, 0.15) is 6.42 Å². The van der Waals surface area contributed by atoms with E-state index >= 15 is 0 Å². The van der Waals surface area contributed by atoms with Crippen molar-refractivity contribution in [3.63, 3.8) is 0 Å². The maximum absolute atomic E-state index is 9.84. The number of allylic oxidation sites excluding steroid dienone is 2. The van der Waals surface area contributed by atoms with Crippen LogP contribution >= 0.6 is 0 Å². The molecule has 0 aromatic rings. The van der Waals surface area contributed by atoms with Gasteiger partial charge in [0.05, 0.1) is 12.7 Å². The van der Waals surface area contributed by atoms with E-state index < -0.39 is 31.0 Å². The SMILES string of the molecule is CN(CC1=CC[CH]C=C1)CC(O)C(O)C(O)C(O)CO. The summed E-state index contributed by atoms with van der Waals surface area (Å²) in [6.45, 7) is 0.0903. The molecule has 0 amide bonds. The Kier molecular flexibility index (Phi) is 7.36. The number of likely N-dealkylation sites (N-methyl/N-ethyl adjacent to an activating group) is 1. The van der Waals surface area contributed by atoms with Crippen molar-refractivity contribution < 1.29 is 25.5 Å². The molecular formula is C14H24NO5. The average Bonchev–Trinajstić information content (AvgIpc) is 2.45. The van der Waals surface area contributed by atoms with E-state index in [-0.39, 0.29) is 6.54 Å².